The molecule has 6 nitrogen and oxygen atoms in total. The van der Waals surface area contributed by atoms with Crippen LogP contribution in [0.1, 0.15) is 0 Å². The van der Waals surface area contributed by atoms with Gasteiger partial charge in [-0.15, -0.1) is 0 Å². The lowest BCUT2D eigenvalue weighted by atomic mass is 10.3. The van der Waals surface area contributed by atoms with Crippen molar-refractivity contribution in [1.82, 2.24) is 0 Å². The number of rotatable bonds is 5. The van der Waals surface area contributed by atoms with Gasteiger partial charge in [-0.1, -0.05) is 6.07 Å². The molecule has 0 spiro atoms. The van der Waals surface area contributed by atoms with E-state index < -0.39 is 25.9 Å². The average Bonchev–Trinajstić information content (AvgIpc) is 2.45. The van der Waals surface area contributed by atoms with Crippen molar-refractivity contribution >= 4 is 31.4 Å². The number of benzene rings is 2. The molecule has 0 atom stereocenters. The summed E-state index contributed by atoms with van der Waals surface area (Å²) in [4.78, 5) is -0.0965. The molecule has 9 heteroatoms. The quantitative estimate of drug-likeness (QED) is 0.886. The van der Waals surface area contributed by atoms with Crippen molar-refractivity contribution in [2.24, 2.45) is 0 Å². The highest BCUT2D eigenvalue weighted by molar-refractivity contribution is 7.92. The lowest BCUT2D eigenvalue weighted by Crippen LogP contribution is -2.24. The smallest absolute Gasteiger partial charge is 0.261 e. The number of hydrogen-bond acceptors (Lipinski definition) is 4. The molecule has 0 heterocycles. The Balaban J connectivity index is 2.32. The van der Waals surface area contributed by atoms with Gasteiger partial charge in [0.05, 0.1) is 22.5 Å². The Morgan fingerprint density at radius 1 is 1.00 bits per heavy atom. The first-order chi connectivity index (χ1) is 10.6. The number of nitrogens with zero attached hydrogens (tertiary/aromatic N) is 1. The van der Waals surface area contributed by atoms with Gasteiger partial charge in [0.1, 0.15) is 5.82 Å². The van der Waals surface area contributed by atoms with Crippen molar-refractivity contribution in [3.05, 3.63) is 54.3 Å². The Morgan fingerprint density at radius 3 is 2.17 bits per heavy atom. The molecule has 2 aromatic carbocycles. The molecule has 1 N–H and O–H groups in total. The standard InChI is InChI=1S/C14H15FN2O4S2/c1-17(22(2,18)19)13-5-3-4-12(10-13)16-23(20,21)14-8-6-11(15)7-9-14/h3-10,16H,1-2H3. The van der Waals surface area contributed by atoms with Crippen LogP contribution in [0.4, 0.5) is 15.8 Å². The molecule has 0 unspecified atom stereocenters. The van der Waals surface area contributed by atoms with Crippen molar-refractivity contribution in [2.75, 3.05) is 22.3 Å². The summed E-state index contributed by atoms with van der Waals surface area (Å²) in [6.45, 7) is 0. The van der Waals surface area contributed by atoms with Crippen LogP contribution in [-0.2, 0) is 20.0 Å². The molecule has 0 saturated heterocycles. The fraction of sp³-hybridized carbons (Fsp3) is 0.143. The van der Waals surface area contributed by atoms with Crippen LogP contribution in [0.25, 0.3) is 0 Å². The maximum Gasteiger partial charge on any atom is 0.261 e. The van der Waals surface area contributed by atoms with Crippen LogP contribution >= 0.6 is 0 Å². The minimum atomic E-state index is -3.89. The molecule has 124 valence electrons. The fourth-order valence-corrected chi connectivity index (χ4v) is 3.33. The van der Waals surface area contributed by atoms with Gasteiger partial charge in [-0.25, -0.2) is 21.2 Å². The van der Waals surface area contributed by atoms with Crippen LogP contribution in [0.2, 0.25) is 0 Å². The van der Waals surface area contributed by atoms with E-state index in [1.807, 2.05) is 0 Å². The number of nitrogens with one attached hydrogen (secondary N) is 1. The van der Waals surface area contributed by atoms with Gasteiger partial charge < -0.3 is 0 Å². The Kier molecular flexibility index (Phi) is 4.62. The maximum atomic E-state index is 12.9. The average molecular weight is 358 g/mol. The molecule has 0 aliphatic heterocycles. The van der Waals surface area contributed by atoms with Crippen molar-refractivity contribution in [3.63, 3.8) is 0 Å². The second kappa shape index (κ2) is 6.17. The van der Waals surface area contributed by atoms with E-state index in [-0.39, 0.29) is 10.6 Å². The summed E-state index contributed by atoms with van der Waals surface area (Å²) >= 11 is 0. The summed E-state index contributed by atoms with van der Waals surface area (Å²) in [5, 5.41) is 0. The first-order valence-corrected chi connectivity index (χ1v) is 9.75. The second-order valence-electron chi connectivity index (χ2n) is 4.84. The Labute approximate surface area is 134 Å². The molecule has 0 aliphatic carbocycles. The van der Waals surface area contributed by atoms with Crippen molar-refractivity contribution in [3.8, 4) is 0 Å². The Hall–Kier alpha value is -2.13. The first kappa shape index (κ1) is 17.2. The minimum absolute atomic E-state index is 0.0965. The molecule has 0 saturated carbocycles. The molecular formula is C14H15FN2O4S2. The first-order valence-electron chi connectivity index (χ1n) is 6.42. The highest BCUT2D eigenvalue weighted by Gasteiger charge is 2.16. The van der Waals surface area contributed by atoms with E-state index in [1.54, 1.807) is 0 Å². The monoisotopic (exact) mass is 358 g/mol. The number of sulfonamides is 2. The highest BCUT2D eigenvalue weighted by atomic mass is 32.2. The Morgan fingerprint density at radius 2 is 1.61 bits per heavy atom. The molecular weight excluding hydrogens is 343 g/mol. The summed E-state index contributed by atoms with van der Waals surface area (Å²) in [7, 11) is -5.99. The molecule has 0 aromatic heterocycles. The third-order valence-electron chi connectivity index (χ3n) is 3.08. The highest BCUT2D eigenvalue weighted by Crippen LogP contribution is 2.22. The van der Waals surface area contributed by atoms with Crippen LogP contribution in [0.5, 0.6) is 0 Å². The largest absolute Gasteiger partial charge is 0.280 e. The van der Waals surface area contributed by atoms with Crippen molar-refractivity contribution in [2.45, 2.75) is 4.90 Å². The lowest BCUT2D eigenvalue weighted by molar-refractivity contribution is 0.598. The molecule has 0 aliphatic rings. The van der Waals surface area contributed by atoms with Crippen LogP contribution in [-0.4, -0.2) is 30.1 Å². The summed E-state index contributed by atoms with van der Waals surface area (Å²) in [5.74, 6) is -0.541. The molecule has 23 heavy (non-hydrogen) atoms. The van der Waals surface area contributed by atoms with Gasteiger partial charge in [-0.05, 0) is 42.5 Å². The van der Waals surface area contributed by atoms with E-state index in [1.165, 1.54) is 31.3 Å². The van der Waals surface area contributed by atoms with E-state index in [4.69, 9.17) is 0 Å². The summed E-state index contributed by atoms with van der Waals surface area (Å²) < 4.78 is 63.8. The predicted octanol–water partition coefficient (Wildman–Crippen LogP) is 2.02. The van der Waals surface area contributed by atoms with Crippen LogP contribution in [0, 0.1) is 5.82 Å². The van der Waals surface area contributed by atoms with E-state index in [9.17, 15) is 21.2 Å². The van der Waals surface area contributed by atoms with E-state index in [0.29, 0.717) is 5.69 Å². The third-order valence-corrected chi connectivity index (χ3v) is 5.69. The second-order valence-corrected chi connectivity index (χ2v) is 8.54. The van der Waals surface area contributed by atoms with E-state index in [2.05, 4.69) is 4.72 Å². The normalized spacial score (nSPS) is 12.0. The van der Waals surface area contributed by atoms with E-state index in [0.717, 1.165) is 34.8 Å². The molecule has 0 bridgehead atoms. The van der Waals surface area contributed by atoms with E-state index >= 15 is 0 Å². The van der Waals surface area contributed by atoms with Crippen molar-refractivity contribution < 1.29 is 21.2 Å². The molecule has 2 aromatic rings. The van der Waals surface area contributed by atoms with Gasteiger partial charge in [-0.2, -0.15) is 0 Å². The Bertz CT molecular complexity index is 910. The molecule has 0 radical (unpaired) electrons. The minimum Gasteiger partial charge on any atom is -0.280 e. The van der Waals surface area contributed by atoms with Gasteiger partial charge in [0.15, 0.2) is 0 Å². The van der Waals surface area contributed by atoms with Gasteiger partial charge in [0.2, 0.25) is 10.0 Å². The zero-order valence-corrected chi connectivity index (χ0v) is 14.0. The third kappa shape index (κ3) is 4.20. The lowest BCUT2D eigenvalue weighted by Gasteiger charge is -2.17. The predicted molar refractivity (Wildman–Crippen MR) is 86.9 cm³/mol. The maximum absolute atomic E-state index is 12.9. The summed E-state index contributed by atoms with van der Waals surface area (Å²) in [6.07, 6.45) is 1.04. The van der Waals surface area contributed by atoms with Gasteiger partial charge in [0.25, 0.3) is 10.0 Å². The summed E-state index contributed by atoms with van der Waals surface area (Å²) in [6, 6.07) is 10.3. The summed E-state index contributed by atoms with van der Waals surface area (Å²) in [5.41, 5.74) is 0.508. The molecule has 0 amide bonds. The molecule has 0 fully saturated rings. The molecule has 2 rings (SSSR count). The zero-order chi connectivity index (χ0) is 17.3. The van der Waals surface area contributed by atoms with Crippen molar-refractivity contribution in [1.29, 1.82) is 0 Å². The fourth-order valence-electron chi connectivity index (χ4n) is 1.78. The SMILES string of the molecule is CN(c1cccc(NS(=O)(=O)c2ccc(F)cc2)c1)S(C)(=O)=O. The van der Waals surface area contributed by atoms with Crippen LogP contribution < -0.4 is 9.03 Å². The number of anilines is 2. The van der Waals surface area contributed by atoms with Crippen LogP contribution in [0.15, 0.2) is 53.4 Å². The van der Waals surface area contributed by atoms with Gasteiger partial charge in [0, 0.05) is 7.05 Å². The number of hydrogen-bond donors (Lipinski definition) is 1. The number of halogens is 1. The topological polar surface area (TPSA) is 83.6 Å². The van der Waals surface area contributed by atoms with Gasteiger partial charge in [-0.3, -0.25) is 9.03 Å². The zero-order valence-electron chi connectivity index (χ0n) is 12.4. The van der Waals surface area contributed by atoms with Crippen LogP contribution in [0.3, 0.4) is 0 Å². The van der Waals surface area contributed by atoms with Gasteiger partial charge >= 0.3 is 0 Å².